The molecule has 4 heteroatoms. The molecule has 1 aromatic heterocycles. The van der Waals surface area contributed by atoms with E-state index in [1.165, 1.54) is 0 Å². The summed E-state index contributed by atoms with van der Waals surface area (Å²) in [6.07, 6.45) is -0.641. The number of hydrogen-bond acceptors (Lipinski definition) is 4. The molecule has 0 fully saturated rings. The molecule has 0 saturated carbocycles. The highest BCUT2D eigenvalue weighted by atomic mass is 16.5. The highest BCUT2D eigenvalue weighted by molar-refractivity contribution is 5.99. The van der Waals surface area contributed by atoms with E-state index < -0.39 is 6.10 Å². The smallest absolute Gasteiger partial charge is 0.339 e. The standard InChI is InChI=1S/C22H22O4/c1-13(2)20-14(3)18-11-10-17(12-19(18)26-22(20)24)25-15(4)21(23)16-8-6-5-7-9-16/h5-13,15H,1-4H3/t15-/m0/s1. The summed E-state index contributed by atoms with van der Waals surface area (Å²) in [5, 5.41) is 0.877. The minimum atomic E-state index is -0.641. The zero-order valence-corrected chi connectivity index (χ0v) is 15.4. The Kier molecular flexibility index (Phi) is 4.94. The van der Waals surface area contributed by atoms with Gasteiger partial charge in [0.15, 0.2) is 6.10 Å². The van der Waals surface area contributed by atoms with Crippen molar-refractivity contribution in [2.45, 2.75) is 39.7 Å². The quantitative estimate of drug-likeness (QED) is 0.486. The molecule has 0 N–H and O–H groups in total. The van der Waals surface area contributed by atoms with Gasteiger partial charge < -0.3 is 9.15 Å². The van der Waals surface area contributed by atoms with Gasteiger partial charge in [0.05, 0.1) is 0 Å². The average molecular weight is 350 g/mol. The Morgan fingerprint density at radius 3 is 2.38 bits per heavy atom. The molecule has 0 radical (unpaired) electrons. The van der Waals surface area contributed by atoms with E-state index in [4.69, 9.17) is 9.15 Å². The number of rotatable bonds is 5. The molecule has 3 aromatic rings. The van der Waals surface area contributed by atoms with Crippen molar-refractivity contribution >= 4 is 16.8 Å². The van der Waals surface area contributed by atoms with Gasteiger partial charge in [-0.3, -0.25) is 4.79 Å². The summed E-state index contributed by atoms with van der Waals surface area (Å²) in [6.45, 7) is 7.58. The van der Waals surface area contributed by atoms with E-state index in [1.54, 1.807) is 31.2 Å². The van der Waals surface area contributed by atoms with E-state index in [1.807, 2.05) is 45.0 Å². The Labute approximate surface area is 152 Å². The largest absolute Gasteiger partial charge is 0.482 e. The van der Waals surface area contributed by atoms with Crippen LogP contribution in [0.1, 0.15) is 48.2 Å². The maximum absolute atomic E-state index is 12.4. The molecule has 0 bridgehead atoms. The molecule has 0 aliphatic carbocycles. The number of ketones is 1. The maximum atomic E-state index is 12.4. The van der Waals surface area contributed by atoms with Crippen LogP contribution in [-0.4, -0.2) is 11.9 Å². The number of Topliss-reactive ketones (excluding diaryl/α,β-unsaturated/α-hetero) is 1. The minimum Gasteiger partial charge on any atom is -0.482 e. The molecule has 0 amide bonds. The first-order valence-corrected chi connectivity index (χ1v) is 8.71. The number of benzene rings is 2. The number of aryl methyl sites for hydroxylation is 1. The second-order valence-corrected chi connectivity index (χ2v) is 6.73. The molecule has 3 rings (SSSR count). The van der Waals surface area contributed by atoms with Crippen molar-refractivity contribution in [1.82, 2.24) is 0 Å². The highest BCUT2D eigenvalue weighted by Gasteiger charge is 2.18. The molecule has 0 unspecified atom stereocenters. The highest BCUT2D eigenvalue weighted by Crippen LogP contribution is 2.27. The molecule has 134 valence electrons. The first kappa shape index (κ1) is 17.9. The average Bonchev–Trinajstić information content (AvgIpc) is 2.61. The number of carbonyl (C=O) groups is 1. The third-order valence-corrected chi connectivity index (χ3v) is 4.50. The molecule has 2 aromatic carbocycles. The van der Waals surface area contributed by atoms with Crippen LogP contribution in [0.2, 0.25) is 0 Å². The van der Waals surface area contributed by atoms with E-state index >= 15 is 0 Å². The van der Waals surface area contributed by atoms with Crippen LogP contribution >= 0.6 is 0 Å². The normalized spacial score (nSPS) is 12.3. The predicted octanol–water partition coefficient (Wildman–Crippen LogP) is 4.88. The van der Waals surface area contributed by atoms with Crippen LogP contribution in [0.25, 0.3) is 11.0 Å². The Balaban J connectivity index is 1.91. The van der Waals surface area contributed by atoms with Crippen LogP contribution in [0, 0.1) is 6.92 Å². The number of carbonyl (C=O) groups excluding carboxylic acids is 1. The first-order chi connectivity index (χ1) is 12.4. The van der Waals surface area contributed by atoms with Gasteiger partial charge in [-0.15, -0.1) is 0 Å². The van der Waals surface area contributed by atoms with Crippen LogP contribution in [0.5, 0.6) is 5.75 Å². The molecule has 0 spiro atoms. The molecule has 0 saturated heterocycles. The van der Waals surface area contributed by atoms with Crippen molar-refractivity contribution in [3.63, 3.8) is 0 Å². The van der Waals surface area contributed by atoms with Gasteiger partial charge in [-0.2, -0.15) is 0 Å². The second kappa shape index (κ2) is 7.16. The van der Waals surface area contributed by atoms with Gasteiger partial charge in [-0.05, 0) is 37.5 Å². The van der Waals surface area contributed by atoms with E-state index in [0.717, 1.165) is 10.9 Å². The zero-order chi connectivity index (χ0) is 18.8. The van der Waals surface area contributed by atoms with Crippen LogP contribution in [0.3, 0.4) is 0 Å². The lowest BCUT2D eigenvalue weighted by molar-refractivity contribution is 0.0818. The van der Waals surface area contributed by atoms with E-state index in [0.29, 0.717) is 22.5 Å². The lowest BCUT2D eigenvalue weighted by Gasteiger charge is -2.15. The lowest BCUT2D eigenvalue weighted by Crippen LogP contribution is -2.23. The predicted molar refractivity (Wildman–Crippen MR) is 102 cm³/mol. The zero-order valence-electron chi connectivity index (χ0n) is 15.4. The Morgan fingerprint density at radius 2 is 1.73 bits per heavy atom. The number of hydrogen-bond donors (Lipinski definition) is 0. The van der Waals surface area contributed by atoms with Crippen molar-refractivity contribution in [3.8, 4) is 5.75 Å². The Bertz CT molecular complexity index is 1000. The molecule has 0 aliphatic heterocycles. The van der Waals surface area contributed by atoms with Gasteiger partial charge in [-0.25, -0.2) is 4.79 Å². The summed E-state index contributed by atoms with van der Waals surface area (Å²) in [5.41, 5.74) is 2.36. The summed E-state index contributed by atoms with van der Waals surface area (Å²) in [6, 6.07) is 14.4. The van der Waals surface area contributed by atoms with Crippen molar-refractivity contribution in [2.24, 2.45) is 0 Å². The molecule has 1 atom stereocenters. The summed E-state index contributed by atoms with van der Waals surface area (Å²) >= 11 is 0. The van der Waals surface area contributed by atoms with Crippen LogP contribution in [0.4, 0.5) is 0 Å². The topological polar surface area (TPSA) is 56.5 Å². The van der Waals surface area contributed by atoms with Gasteiger partial charge in [0.25, 0.3) is 0 Å². The molecule has 4 nitrogen and oxygen atoms in total. The second-order valence-electron chi connectivity index (χ2n) is 6.73. The summed E-state index contributed by atoms with van der Waals surface area (Å²) in [4.78, 5) is 24.7. The fourth-order valence-corrected chi connectivity index (χ4v) is 3.19. The summed E-state index contributed by atoms with van der Waals surface area (Å²) in [5.74, 6) is 0.489. The molecule has 26 heavy (non-hydrogen) atoms. The van der Waals surface area contributed by atoms with Gasteiger partial charge in [0.2, 0.25) is 5.78 Å². The molecule has 0 aliphatic rings. The first-order valence-electron chi connectivity index (χ1n) is 8.71. The van der Waals surface area contributed by atoms with Crippen LogP contribution < -0.4 is 10.4 Å². The van der Waals surface area contributed by atoms with Crippen molar-refractivity contribution in [2.75, 3.05) is 0 Å². The maximum Gasteiger partial charge on any atom is 0.339 e. The van der Waals surface area contributed by atoms with Crippen molar-refractivity contribution in [1.29, 1.82) is 0 Å². The van der Waals surface area contributed by atoms with Gasteiger partial charge in [0, 0.05) is 22.6 Å². The van der Waals surface area contributed by atoms with E-state index in [9.17, 15) is 9.59 Å². The molecular weight excluding hydrogens is 328 g/mol. The van der Waals surface area contributed by atoms with Crippen molar-refractivity contribution < 1.29 is 13.9 Å². The van der Waals surface area contributed by atoms with E-state index in [2.05, 4.69) is 0 Å². The summed E-state index contributed by atoms with van der Waals surface area (Å²) in [7, 11) is 0. The summed E-state index contributed by atoms with van der Waals surface area (Å²) < 4.78 is 11.3. The van der Waals surface area contributed by atoms with Gasteiger partial charge >= 0.3 is 5.63 Å². The van der Waals surface area contributed by atoms with Gasteiger partial charge in [-0.1, -0.05) is 44.2 Å². The third kappa shape index (κ3) is 3.40. The Hall–Kier alpha value is -2.88. The van der Waals surface area contributed by atoms with E-state index in [-0.39, 0.29) is 17.3 Å². The third-order valence-electron chi connectivity index (χ3n) is 4.50. The lowest BCUT2D eigenvalue weighted by atomic mass is 9.97. The SMILES string of the molecule is Cc1c(C(C)C)c(=O)oc2cc(O[C@@H](C)C(=O)c3ccccc3)ccc12. The number of fused-ring (bicyclic) bond motifs is 1. The molecule has 1 heterocycles. The van der Waals surface area contributed by atoms with Crippen LogP contribution in [-0.2, 0) is 0 Å². The fourth-order valence-electron chi connectivity index (χ4n) is 3.19. The van der Waals surface area contributed by atoms with Crippen molar-refractivity contribution in [3.05, 3.63) is 75.6 Å². The number of ether oxygens (including phenoxy) is 1. The van der Waals surface area contributed by atoms with Crippen LogP contribution in [0.15, 0.2) is 57.7 Å². The molecular formula is C22H22O4. The minimum absolute atomic E-state index is 0.0927. The Morgan fingerprint density at radius 1 is 1.04 bits per heavy atom. The fraction of sp³-hybridized carbons (Fsp3) is 0.273. The van der Waals surface area contributed by atoms with Gasteiger partial charge in [0.1, 0.15) is 11.3 Å². The monoisotopic (exact) mass is 350 g/mol.